The van der Waals surface area contributed by atoms with E-state index < -0.39 is 0 Å². The maximum Gasteiger partial charge on any atom is 0.236 e. The van der Waals surface area contributed by atoms with Gasteiger partial charge < -0.3 is 9.80 Å². The molecule has 7 nitrogen and oxygen atoms in total. The van der Waals surface area contributed by atoms with Crippen LogP contribution in [0.1, 0.15) is 67.8 Å². The summed E-state index contributed by atoms with van der Waals surface area (Å²) in [5.74, 6) is 2.95. The van der Waals surface area contributed by atoms with E-state index in [9.17, 15) is 4.79 Å². The van der Waals surface area contributed by atoms with E-state index in [4.69, 9.17) is 9.97 Å². The van der Waals surface area contributed by atoms with Gasteiger partial charge in [0.15, 0.2) is 0 Å². The van der Waals surface area contributed by atoms with E-state index in [0.29, 0.717) is 6.54 Å². The Morgan fingerprint density at radius 3 is 2.70 bits per heavy atom. The van der Waals surface area contributed by atoms with Crippen LogP contribution in [0.5, 0.6) is 0 Å². The lowest BCUT2D eigenvalue weighted by Crippen LogP contribution is -2.44. The third-order valence-corrected chi connectivity index (χ3v) is 7.58. The number of aromatic nitrogens is 3. The molecule has 5 heterocycles. The van der Waals surface area contributed by atoms with Gasteiger partial charge >= 0.3 is 0 Å². The summed E-state index contributed by atoms with van der Waals surface area (Å²) >= 11 is 0. The molecule has 3 aliphatic rings. The lowest BCUT2D eigenvalue weighted by Gasteiger charge is -2.34. The molecular weight excluding hydrogens is 412 g/mol. The Labute approximate surface area is 197 Å². The summed E-state index contributed by atoms with van der Waals surface area (Å²) < 4.78 is 0. The minimum Gasteiger partial charge on any atom is -0.350 e. The minimum atomic E-state index is 0.125. The average molecular weight is 449 g/mol. The Morgan fingerprint density at radius 1 is 1.06 bits per heavy atom. The van der Waals surface area contributed by atoms with Crippen molar-refractivity contribution in [3.05, 3.63) is 47.2 Å². The van der Waals surface area contributed by atoms with Crippen LogP contribution in [0.4, 0.5) is 5.82 Å². The van der Waals surface area contributed by atoms with Crippen molar-refractivity contribution in [2.75, 3.05) is 37.6 Å². The van der Waals surface area contributed by atoms with Crippen molar-refractivity contribution in [3.8, 4) is 0 Å². The van der Waals surface area contributed by atoms with Gasteiger partial charge in [0, 0.05) is 37.1 Å². The van der Waals surface area contributed by atoms with E-state index in [1.807, 2.05) is 18.3 Å². The zero-order valence-electron chi connectivity index (χ0n) is 20.0. The summed E-state index contributed by atoms with van der Waals surface area (Å²) in [4.78, 5) is 34.4. The first-order chi connectivity index (χ1) is 16.1. The van der Waals surface area contributed by atoms with Crippen molar-refractivity contribution in [2.45, 2.75) is 65.0 Å². The molecule has 2 saturated heterocycles. The third-order valence-electron chi connectivity index (χ3n) is 7.58. The molecule has 7 heteroatoms. The number of piperidine rings is 1. The van der Waals surface area contributed by atoms with E-state index in [2.05, 4.69) is 39.6 Å². The number of hydrogen-bond donors (Lipinski definition) is 0. The average Bonchev–Trinajstić information content (AvgIpc) is 3.29. The smallest absolute Gasteiger partial charge is 0.236 e. The number of pyridine rings is 1. The van der Waals surface area contributed by atoms with E-state index in [1.165, 1.54) is 5.56 Å². The molecule has 0 bridgehead atoms. The zero-order valence-corrected chi connectivity index (χ0v) is 20.0. The fourth-order valence-corrected chi connectivity index (χ4v) is 5.54. The molecule has 0 aromatic carbocycles. The van der Waals surface area contributed by atoms with Gasteiger partial charge in [-0.2, -0.15) is 0 Å². The highest BCUT2D eigenvalue weighted by Gasteiger charge is 2.33. The van der Waals surface area contributed by atoms with E-state index in [1.54, 1.807) is 0 Å². The number of likely N-dealkylation sites (tertiary alicyclic amines) is 2. The summed E-state index contributed by atoms with van der Waals surface area (Å²) in [7, 11) is 0. The molecule has 2 aromatic rings. The molecule has 33 heavy (non-hydrogen) atoms. The summed E-state index contributed by atoms with van der Waals surface area (Å²) in [5, 5.41) is 0. The van der Waals surface area contributed by atoms with Crippen molar-refractivity contribution in [1.29, 1.82) is 0 Å². The fraction of sp³-hybridized carbons (Fsp3) is 0.615. The largest absolute Gasteiger partial charge is 0.350 e. The maximum atomic E-state index is 13.0. The van der Waals surface area contributed by atoms with Crippen LogP contribution < -0.4 is 4.90 Å². The van der Waals surface area contributed by atoms with Gasteiger partial charge in [-0.1, -0.05) is 13.0 Å². The van der Waals surface area contributed by atoms with Crippen LogP contribution in [0.3, 0.4) is 0 Å². The van der Waals surface area contributed by atoms with E-state index in [-0.39, 0.29) is 11.9 Å². The van der Waals surface area contributed by atoms with Crippen LogP contribution >= 0.6 is 0 Å². The number of aryl methyl sites for hydroxylation is 1. The van der Waals surface area contributed by atoms with Gasteiger partial charge in [-0.15, -0.1) is 0 Å². The van der Waals surface area contributed by atoms with Crippen LogP contribution in [-0.2, 0) is 17.8 Å². The van der Waals surface area contributed by atoms with Crippen molar-refractivity contribution in [2.24, 2.45) is 5.92 Å². The Morgan fingerprint density at radius 2 is 1.91 bits per heavy atom. The number of hydrogen-bond acceptors (Lipinski definition) is 6. The molecule has 0 N–H and O–H groups in total. The first-order valence-corrected chi connectivity index (χ1v) is 12.6. The summed E-state index contributed by atoms with van der Waals surface area (Å²) in [6, 6.07) is 6.20. The van der Waals surface area contributed by atoms with Gasteiger partial charge in [0.25, 0.3) is 0 Å². The normalized spacial score (nSPS) is 21.9. The predicted octanol–water partition coefficient (Wildman–Crippen LogP) is 3.53. The van der Waals surface area contributed by atoms with Gasteiger partial charge in [-0.05, 0) is 70.0 Å². The number of carbonyl (C=O) groups excluding carboxylic acids is 1. The minimum absolute atomic E-state index is 0.125. The quantitative estimate of drug-likeness (QED) is 0.697. The van der Waals surface area contributed by atoms with Crippen LogP contribution in [0.2, 0.25) is 0 Å². The molecule has 0 radical (unpaired) electrons. The van der Waals surface area contributed by atoms with Crippen LogP contribution in [0.25, 0.3) is 0 Å². The first kappa shape index (κ1) is 22.3. The second kappa shape index (κ2) is 9.75. The summed E-state index contributed by atoms with van der Waals surface area (Å²) in [6.07, 6.45) is 8.34. The number of carbonyl (C=O) groups is 1. The molecule has 176 valence electrons. The number of nitrogens with zero attached hydrogens (tertiary/aromatic N) is 6. The van der Waals surface area contributed by atoms with Gasteiger partial charge in [0.2, 0.25) is 5.91 Å². The molecule has 0 unspecified atom stereocenters. The van der Waals surface area contributed by atoms with Crippen molar-refractivity contribution in [3.63, 3.8) is 0 Å². The number of fused-ring (bicyclic) bond motifs is 1. The molecule has 5 rings (SSSR count). The number of rotatable bonds is 5. The van der Waals surface area contributed by atoms with Gasteiger partial charge in [0.1, 0.15) is 11.6 Å². The molecule has 3 aliphatic heterocycles. The Hall–Kier alpha value is -2.54. The van der Waals surface area contributed by atoms with Crippen molar-refractivity contribution >= 4 is 11.7 Å². The molecule has 0 aliphatic carbocycles. The van der Waals surface area contributed by atoms with Crippen molar-refractivity contribution in [1.82, 2.24) is 24.8 Å². The fourth-order valence-electron chi connectivity index (χ4n) is 5.54. The molecule has 0 spiro atoms. The van der Waals surface area contributed by atoms with E-state index >= 15 is 0 Å². The lowest BCUT2D eigenvalue weighted by molar-refractivity contribution is -0.134. The Kier molecular flexibility index (Phi) is 6.58. The highest BCUT2D eigenvalue weighted by molar-refractivity contribution is 5.78. The van der Waals surface area contributed by atoms with Gasteiger partial charge in [0.05, 0.1) is 24.8 Å². The summed E-state index contributed by atoms with van der Waals surface area (Å²) in [6.45, 7) is 9.38. The zero-order chi connectivity index (χ0) is 22.8. The van der Waals surface area contributed by atoms with Crippen molar-refractivity contribution < 1.29 is 4.79 Å². The molecule has 0 saturated carbocycles. The van der Waals surface area contributed by atoms with E-state index in [0.717, 1.165) is 100 Å². The topological polar surface area (TPSA) is 65.5 Å². The van der Waals surface area contributed by atoms with Gasteiger partial charge in [-0.25, -0.2) is 9.97 Å². The molecule has 1 amide bonds. The predicted molar refractivity (Wildman–Crippen MR) is 129 cm³/mol. The van der Waals surface area contributed by atoms with Crippen LogP contribution in [-0.4, -0.2) is 63.4 Å². The summed E-state index contributed by atoms with van der Waals surface area (Å²) in [5.41, 5.74) is 3.42. The van der Waals surface area contributed by atoms with Crippen LogP contribution in [0.15, 0.2) is 24.4 Å². The monoisotopic (exact) mass is 448 g/mol. The number of anilines is 1. The Balaban J connectivity index is 1.35. The SMILES string of the molecule is Cc1nc([C@@H]2CCCN2CC(=O)N2CCC(C)CC2)nc2c1CCCN2Cc1ccccn1. The maximum absolute atomic E-state index is 13.0. The lowest BCUT2D eigenvalue weighted by atomic mass is 9.99. The Bertz CT molecular complexity index is 972. The molecule has 2 fully saturated rings. The standard InChI is InChI=1S/C26H36N6O/c1-19-10-15-30(16-11-19)24(33)18-31-13-6-9-23(31)25-28-20(2)22-8-5-14-32(26(22)29-25)17-21-7-3-4-12-27-21/h3-4,7,12,19,23H,5-6,8-11,13-18H2,1-2H3/t23-/m0/s1. The second-order valence-corrected chi connectivity index (χ2v) is 10.0. The molecular formula is C26H36N6O. The van der Waals surface area contributed by atoms with Gasteiger partial charge in [-0.3, -0.25) is 14.7 Å². The first-order valence-electron chi connectivity index (χ1n) is 12.6. The highest BCUT2D eigenvalue weighted by Crippen LogP contribution is 2.34. The molecule has 2 aromatic heterocycles. The highest BCUT2D eigenvalue weighted by atomic mass is 16.2. The van der Waals surface area contributed by atoms with Crippen LogP contribution in [0, 0.1) is 12.8 Å². The number of amides is 1. The third kappa shape index (κ3) is 4.88. The second-order valence-electron chi connectivity index (χ2n) is 10.0. The molecule has 1 atom stereocenters.